The van der Waals surface area contributed by atoms with Crippen LogP contribution < -0.4 is 4.90 Å². The van der Waals surface area contributed by atoms with E-state index >= 15 is 0 Å². The molecule has 0 aliphatic carbocycles. The summed E-state index contributed by atoms with van der Waals surface area (Å²) in [7, 11) is 0. The monoisotopic (exact) mass is 462 g/mol. The molecule has 8 heteroatoms. The molecule has 0 N–H and O–H groups in total. The Hall–Kier alpha value is -3.94. The highest BCUT2D eigenvalue weighted by Crippen LogP contribution is 2.32. The summed E-state index contributed by atoms with van der Waals surface area (Å²) in [5.41, 5.74) is 2.59. The Morgan fingerprint density at radius 1 is 0.882 bits per heavy atom. The van der Waals surface area contributed by atoms with Gasteiger partial charge in [-0.25, -0.2) is 4.98 Å². The fraction of sp³-hybridized carbons (Fsp3) is 0.192. The van der Waals surface area contributed by atoms with Gasteiger partial charge in [0.25, 0.3) is 5.91 Å². The van der Waals surface area contributed by atoms with Crippen molar-refractivity contribution in [2.24, 2.45) is 0 Å². The van der Waals surface area contributed by atoms with Gasteiger partial charge in [-0.05, 0) is 42.5 Å². The Morgan fingerprint density at radius 3 is 2.41 bits per heavy atom. The van der Waals surface area contributed by atoms with Crippen LogP contribution in [0.4, 0.5) is 18.9 Å². The van der Waals surface area contributed by atoms with Crippen LogP contribution in [0.3, 0.4) is 0 Å². The molecule has 172 valence electrons. The van der Waals surface area contributed by atoms with Gasteiger partial charge in [0.2, 0.25) is 0 Å². The number of rotatable bonds is 3. The maximum Gasteiger partial charge on any atom is 0.416 e. The molecule has 5 rings (SSSR count). The molecule has 5 nitrogen and oxygen atoms in total. The normalized spacial score (nSPS) is 14.4. The Labute approximate surface area is 194 Å². The van der Waals surface area contributed by atoms with Gasteiger partial charge in [0.15, 0.2) is 0 Å². The fourth-order valence-corrected chi connectivity index (χ4v) is 4.23. The van der Waals surface area contributed by atoms with Crippen LogP contribution in [0.25, 0.3) is 22.2 Å². The van der Waals surface area contributed by atoms with Crippen LogP contribution in [-0.2, 0) is 6.18 Å². The average Bonchev–Trinajstić information content (AvgIpc) is 2.88. The van der Waals surface area contributed by atoms with Crippen LogP contribution in [-0.4, -0.2) is 47.0 Å². The number of hydrogen-bond acceptors (Lipinski definition) is 4. The van der Waals surface area contributed by atoms with Crippen molar-refractivity contribution < 1.29 is 18.0 Å². The summed E-state index contributed by atoms with van der Waals surface area (Å²) < 4.78 is 39.3. The van der Waals surface area contributed by atoms with E-state index in [1.807, 2.05) is 41.3 Å². The summed E-state index contributed by atoms with van der Waals surface area (Å²) in [6, 6.07) is 18.3. The molecule has 1 fully saturated rings. The first-order valence-electron chi connectivity index (χ1n) is 10.9. The lowest BCUT2D eigenvalue weighted by Gasteiger charge is -2.36. The molecule has 2 aromatic carbocycles. The Kier molecular flexibility index (Phi) is 5.65. The van der Waals surface area contributed by atoms with Crippen LogP contribution >= 0.6 is 0 Å². The van der Waals surface area contributed by atoms with Gasteiger partial charge in [0.1, 0.15) is 0 Å². The Morgan fingerprint density at radius 2 is 1.68 bits per heavy atom. The smallest absolute Gasteiger partial charge is 0.368 e. The van der Waals surface area contributed by atoms with E-state index in [9.17, 15) is 18.0 Å². The van der Waals surface area contributed by atoms with E-state index in [4.69, 9.17) is 4.98 Å². The molecule has 1 amide bonds. The third-order valence-corrected chi connectivity index (χ3v) is 6.01. The lowest BCUT2D eigenvalue weighted by molar-refractivity contribution is -0.137. The summed E-state index contributed by atoms with van der Waals surface area (Å²) in [6.07, 6.45) is -0.998. The van der Waals surface area contributed by atoms with Crippen molar-refractivity contribution in [3.05, 3.63) is 90.3 Å². The molecule has 0 spiro atoms. The van der Waals surface area contributed by atoms with Crippen LogP contribution in [0.15, 0.2) is 79.1 Å². The maximum atomic E-state index is 13.5. The molecule has 3 heterocycles. The molecule has 0 atom stereocenters. The lowest BCUT2D eigenvalue weighted by atomic mass is 10.0. The number of aromatic nitrogens is 2. The quantitative estimate of drug-likeness (QED) is 0.416. The highest BCUT2D eigenvalue weighted by Gasteiger charge is 2.31. The van der Waals surface area contributed by atoms with Crippen molar-refractivity contribution in [3.63, 3.8) is 0 Å². The number of benzene rings is 2. The molecule has 0 bridgehead atoms. The van der Waals surface area contributed by atoms with Gasteiger partial charge in [-0.15, -0.1) is 0 Å². The molecule has 34 heavy (non-hydrogen) atoms. The second-order valence-electron chi connectivity index (χ2n) is 8.14. The number of piperazine rings is 1. The number of fused-ring (bicyclic) bond motifs is 1. The number of para-hydroxylation sites is 1. The van der Waals surface area contributed by atoms with Crippen molar-refractivity contribution in [1.29, 1.82) is 0 Å². The van der Waals surface area contributed by atoms with Gasteiger partial charge in [-0.2, -0.15) is 13.2 Å². The van der Waals surface area contributed by atoms with E-state index in [0.717, 1.165) is 28.6 Å². The van der Waals surface area contributed by atoms with E-state index in [2.05, 4.69) is 4.98 Å². The van der Waals surface area contributed by atoms with E-state index in [1.165, 1.54) is 6.07 Å². The highest BCUT2D eigenvalue weighted by molar-refractivity contribution is 6.07. The molecule has 1 aliphatic heterocycles. The van der Waals surface area contributed by atoms with Crippen molar-refractivity contribution in [2.45, 2.75) is 6.18 Å². The second-order valence-corrected chi connectivity index (χ2v) is 8.14. The summed E-state index contributed by atoms with van der Waals surface area (Å²) in [5.74, 6) is -0.118. The second kappa shape index (κ2) is 8.78. The zero-order valence-corrected chi connectivity index (χ0v) is 18.2. The fourth-order valence-electron chi connectivity index (χ4n) is 4.23. The number of halogens is 3. The predicted molar refractivity (Wildman–Crippen MR) is 125 cm³/mol. The van der Waals surface area contributed by atoms with Crippen molar-refractivity contribution in [2.75, 3.05) is 31.1 Å². The summed E-state index contributed by atoms with van der Waals surface area (Å²) in [5, 5.41) is 0.764. The van der Waals surface area contributed by atoms with Crippen molar-refractivity contribution >= 4 is 22.5 Å². The first-order valence-corrected chi connectivity index (χ1v) is 10.9. The van der Waals surface area contributed by atoms with E-state index in [1.54, 1.807) is 29.4 Å². The maximum absolute atomic E-state index is 13.5. The average molecular weight is 462 g/mol. The van der Waals surface area contributed by atoms with Gasteiger partial charge in [-0.3, -0.25) is 9.78 Å². The van der Waals surface area contributed by atoms with Gasteiger partial charge in [0, 0.05) is 55.2 Å². The standard InChI is InChI=1S/C26H21F3N4O/c27-26(28,29)19-6-3-7-20(15-19)32-11-13-33(14-12-32)25(34)22-16-24(18-5-4-10-30-17-18)31-23-9-2-1-8-21(22)23/h1-10,15-17H,11-14H2. The minimum absolute atomic E-state index is 0.118. The first-order chi connectivity index (χ1) is 16.4. The number of carbonyl (C=O) groups is 1. The number of nitrogens with zero attached hydrogens (tertiary/aromatic N) is 4. The zero-order valence-electron chi connectivity index (χ0n) is 18.2. The zero-order chi connectivity index (χ0) is 23.7. The first kappa shape index (κ1) is 21.9. The molecule has 1 aliphatic rings. The predicted octanol–water partition coefficient (Wildman–Crippen LogP) is 5.28. The molecule has 0 saturated carbocycles. The molecule has 4 aromatic rings. The van der Waals surface area contributed by atoms with Gasteiger partial charge >= 0.3 is 6.18 Å². The Bertz CT molecular complexity index is 1330. The number of hydrogen-bond donors (Lipinski definition) is 0. The third kappa shape index (κ3) is 4.31. The van der Waals surface area contributed by atoms with Crippen molar-refractivity contribution in [3.8, 4) is 11.3 Å². The van der Waals surface area contributed by atoms with E-state index < -0.39 is 11.7 Å². The number of carbonyl (C=O) groups excluding carboxylic acids is 1. The molecule has 2 aromatic heterocycles. The summed E-state index contributed by atoms with van der Waals surface area (Å²) in [6.45, 7) is 1.72. The number of alkyl halides is 3. The number of anilines is 1. The third-order valence-electron chi connectivity index (χ3n) is 6.01. The SMILES string of the molecule is O=C(c1cc(-c2cccnc2)nc2ccccc12)N1CCN(c2cccc(C(F)(F)F)c2)CC1. The highest BCUT2D eigenvalue weighted by atomic mass is 19.4. The van der Waals surface area contributed by atoms with E-state index in [0.29, 0.717) is 43.1 Å². The summed E-state index contributed by atoms with van der Waals surface area (Å²) >= 11 is 0. The molecule has 0 radical (unpaired) electrons. The van der Waals surface area contributed by atoms with E-state index in [-0.39, 0.29) is 5.91 Å². The molecule has 1 saturated heterocycles. The van der Waals surface area contributed by atoms with Gasteiger partial charge in [-0.1, -0.05) is 24.3 Å². The lowest BCUT2D eigenvalue weighted by Crippen LogP contribution is -2.48. The van der Waals surface area contributed by atoms with Gasteiger partial charge in [0.05, 0.1) is 22.3 Å². The van der Waals surface area contributed by atoms with Crippen LogP contribution in [0.1, 0.15) is 15.9 Å². The van der Waals surface area contributed by atoms with Crippen LogP contribution in [0.5, 0.6) is 0 Å². The largest absolute Gasteiger partial charge is 0.416 e. The summed E-state index contributed by atoms with van der Waals surface area (Å²) in [4.78, 5) is 26.0. The molecular formula is C26H21F3N4O. The van der Waals surface area contributed by atoms with Crippen LogP contribution in [0, 0.1) is 0 Å². The topological polar surface area (TPSA) is 49.3 Å². The number of pyridine rings is 2. The van der Waals surface area contributed by atoms with Gasteiger partial charge < -0.3 is 9.80 Å². The molecule has 0 unspecified atom stereocenters. The number of amides is 1. The van der Waals surface area contributed by atoms with Crippen molar-refractivity contribution in [1.82, 2.24) is 14.9 Å². The minimum Gasteiger partial charge on any atom is -0.368 e. The Balaban J connectivity index is 1.39. The molecular weight excluding hydrogens is 441 g/mol. The van der Waals surface area contributed by atoms with Crippen LogP contribution in [0.2, 0.25) is 0 Å². The minimum atomic E-state index is -4.39.